The smallest absolute Gasteiger partial charge is 0.270 e. The van der Waals surface area contributed by atoms with Crippen molar-refractivity contribution in [3.05, 3.63) is 204 Å². The minimum atomic E-state index is -1.43. The fraction of sp³-hybridized carbons (Fsp3) is 0.281. The van der Waals surface area contributed by atoms with Gasteiger partial charge in [0.25, 0.3) is 23.6 Å². The third kappa shape index (κ3) is 10.9. The van der Waals surface area contributed by atoms with E-state index in [0.29, 0.717) is 84.3 Å². The minimum Gasteiger partial charge on any atom is -0.594 e. The molecule has 0 saturated heterocycles. The normalized spacial score (nSPS) is 20.0. The van der Waals surface area contributed by atoms with Crippen LogP contribution in [-0.4, -0.2) is 80.9 Å². The molecule has 8 aromatic rings. The Morgan fingerprint density at radius 3 is 1.34 bits per heavy atom. The molecule has 0 bridgehead atoms. The van der Waals surface area contributed by atoms with Crippen LogP contribution in [0, 0.1) is 39.5 Å². The van der Waals surface area contributed by atoms with Crippen LogP contribution < -0.4 is 35.9 Å². The van der Waals surface area contributed by atoms with Crippen molar-refractivity contribution >= 4 is 105 Å². The first-order valence-corrected chi connectivity index (χ1v) is 30.7. The number of nitrogens with one attached hydrogen (secondary N) is 4. The lowest BCUT2D eigenvalue weighted by atomic mass is 9.91. The number of halogens is 6. The van der Waals surface area contributed by atoms with Gasteiger partial charge in [-0.1, -0.05) is 75.5 Å². The Balaban J connectivity index is 0.000000169. The summed E-state index contributed by atoms with van der Waals surface area (Å²) >= 11 is 24.4. The molecule has 4 aromatic heterocycles. The molecule has 29 heteroatoms. The van der Waals surface area contributed by atoms with Crippen molar-refractivity contribution in [2.24, 2.45) is 0 Å². The third-order valence-electron chi connectivity index (χ3n) is 17.9. The van der Waals surface area contributed by atoms with Gasteiger partial charge in [0.05, 0.1) is 83.9 Å². The van der Waals surface area contributed by atoms with Gasteiger partial charge in [-0.05, 0) is 143 Å². The monoisotopic (exact) mass is 1330 g/mol. The van der Waals surface area contributed by atoms with E-state index in [-0.39, 0.29) is 73.5 Å². The molecule has 6 aliphatic rings. The van der Waals surface area contributed by atoms with Crippen molar-refractivity contribution in [1.82, 2.24) is 55.7 Å². The van der Waals surface area contributed by atoms with Crippen molar-refractivity contribution in [1.29, 1.82) is 10.5 Å². The summed E-state index contributed by atoms with van der Waals surface area (Å²) in [5.41, 5.74) is -2.77. The van der Waals surface area contributed by atoms with Gasteiger partial charge in [0.15, 0.2) is 11.6 Å². The number of hydrogen-bond donors (Lipinski definition) is 4. The Morgan fingerprint density at radius 1 is 0.591 bits per heavy atom. The van der Waals surface area contributed by atoms with Crippen LogP contribution in [0.4, 0.5) is 32.1 Å². The molecule has 14 rings (SSSR count). The molecule has 0 spiro atoms. The fourth-order valence-corrected chi connectivity index (χ4v) is 13.0. The first kappa shape index (κ1) is 61.9. The predicted octanol–water partition coefficient (Wildman–Crippen LogP) is 8.63. The van der Waals surface area contributed by atoms with Gasteiger partial charge in [-0.3, -0.25) is 37.9 Å². The second-order valence-electron chi connectivity index (χ2n) is 24.4. The second-order valence-corrected chi connectivity index (χ2v) is 26.0. The summed E-state index contributed by atoms with van der Waals surface area (Å²) in [6.07, 6.45) is 9.92. The molecular formula is C64H50Cl4F2N16O7. The van der Waals surface area contributed by atoms with Crippen LogP contribution in [0.3, 0.4) is 0 Å². The molecule has 93 heavy (non-hydrogen) atoms. The van der Waals surface area contributed by atoms with Crippen LogP contribution in [0.5, 0.6) is 0 Å². The van der Waals surface area contributed by atoms with Crippen LogP contribution in [0.25, 0.3) is 0 Å². The summed E-state index contributed by atoms with van der Waals surface area (Å²) in [7, 11) is 0. The molecule has 2 atom stereocenters. The van der Waals surface area contributed by atoms with E-state index >= 15 is 0 Å². The minimum absolute atomic E-state index is 0.0173. The van der Waals surface area contributed by atoms with E-state index < -0.39 is 74.4 Å². The van der Waals surface area contributed by atoms with Crippen molar-refractivity contribution in [3.63, 3.8) is 0 Å². The van der Waals surface area contributed by atoms with E-state index in [1.165, 1.54) is 61.8 Å². The van der Waals surface area contributed by atoms with Crippen LogP contribution in [0.15, 0.2) is 122 Å². The highest BCUT2D eigenvalue weighted by Gasteiger charge is 2.60. The fourth-order valence-electron chi connectivity index (χ4n) is 12.1. The van der Waals surface area contributed by atoms with Gasteiger partial charge in [-0.2, -0.15) is 20.7 Å². The average Bonchev–Trinajstić information content (AvgIpc) is 1.57. The Labute approximate surface area is 547 Å². The number of amides is 6. The number of anilines is 4. The number of benzene rings is 4. The van der Waals surface area contributed by atoms with Gasteiger partial charge >= 0.3 is 0 Å². The molecule has 4 saturated carbocycles. The summed E-state index contributed by atoms with van der Waals surface area (Å²) in [6, 6.07) is 29.4. The zero-order valence-electron chi connectivity index (χ0n) is 49.1. The number of imidazole rings is 2. The molecule has 0 radical (unpaired) electrons. The molecule has 0 unspecified atom stereocenters. The Morgan fingerprint density at radius 2 is 0.989 bits per heavy atom. The lowest BCUT2D eigenvalue weighted by Crippen LogP contribution is -2.53. The summed E-state index contributed by atoms with van der Waals surface area (Å²) in [5, 5.41) is 53.0. The lowest BCUT2D eigenvalue weighted by molar-refractivity contribution is -0.670. The van der Waals surface area contributed by atoms with E-state index in [1.54, 1.807) is 86.8 Å². The van der Waals surface area contributed by atoms with E-state index in [9.17, 15) is 53.3 Å². The topological polar surface area (TPSA) is 306 Å². The Hall–Kier alpha value is -9.92. The highest BCUT2D eigenvalue weighted by molar-refractivity contribution is 6.36. The van der Waals surface area contributed by atoms with Crippen LogP contribution in [0.1, 0.15) is 120 Å². The summed E-state index contributed by atoms with van der Waals surface area (Å²) in [5.74, 6) is -4.41. The number of carbonyl (C=O) groups excluding carboxylic acids is 6. The summed E-state index contributed by atoms with van der Waals surface area (Å²) in [4.78, 5) is 95.4. The number of nitrogens with zero attached hydrogens (tertiary/aromatic N) is 12. The third-order valence-corrected chi connectivity index (χ3v) is 19.0. The van der Waals surface area contributed by atoms with Gasteiger partial charge in [0, 0.05) is 30.2 Å². The Kier molecular flexibility index (Phi) is 15.1. The van der Waals surface area contributed by atoms with E-state index in [1.807, 2.05) is 6.07 Å². The number of fused-ring (bicyclic) bond motifs is 2. The molecule has 4 aliphatic carbocycles. The van der Waals surface area contributed by atoms with Crippen LogP contribution >= 0.6 is 46.4 Å². The molecule has 23 nitrogen and oxygen atoms in total. The predicted molar refractivity (Wildman–Crippen MR) is 331 cm³/mol. The molecule has 4 aromatic carbocycles. The van der Waals surface area contributed by atoms with Gasteiger partial charge in [-0.15, -0.1) is 0 Å². The molecule has 2 aliphatic heterocycles. The first-order chi connectivity index (χ1) is 44.4. The number of carbonyl (C=O) groups is 6. The number of nitriles is 2. The molecule has 6 heterocycles. The van der Waals surface area contributed by atoms with Crippen molar-refractivity contribution in [2.45, 2.75) is 111 Å². The first-order valence-electron chi connectivity index (χ1n) is 29.2. The maximum atomic E-state index is 14.3. The zero-order chi connectivity index (χ0) is 65.7. The van der Waals surface area contributed by atoms with E-state index in [0.717, 1.165) is 5.56 Å². The highest BCUT2D eigenvalue weighted by Crippen LogP contribution is 2.50. The number of hydrogen-bond acceptors (Lipinski definition) is 14. The molecule has 6 amide bonds. The summed E-state index contributed by atoms with van der Waals surface area (Å²) in [6.45, 7) is 3.31. The van der Waals surface area contributed by atoms with Gasteiger partial charge in [0.2, 0.25) is 29.9 Å². The average molecular weight is 1340 g/mol. The number of aromatic nitrogens is 8. The quantitative estimate of drug-likeness (QED) is 0.0400. The Bertz CT molecular complexity index is 4540. The maximum Gasteiger partial charge on any atom is 0.270 e. The molecule has 470 valence electrons. The second kappa shape index (κ2) is 22.7. The van der Waals surface area contributed by atoms with Gasteiger partial charge < -0.3 is 26.5 Å². The highest BCUT2D eigenvalue weighted by atomic mass is 35.5. The zero-order valence-corrected chi connectivity index (χ0v) is 52.1. The van der Waals surface area contributed by atoms with Crippen molar-refractivity contribution in [3.8, 4) is 12.1 Å². The lowest BCUT2D eigenvalue weighted by Gasteiger charge is -2.27. The van der Waals surface area contributed by atoms with Crippen molar-refractivity contribution in [2.75, 3.05) is 9.80 Å². The standard InChI is InChI=1S/C32H25Cl2FN8O4.C32H25Cl2FN8O3/c1-30(15-18-4-6-19(16-36)7-5-18)28(46)42(20-13-21(33)25(35)22(34)14-20)29-37-17-23(43(29)30)26(44)38-32(10-11-32)27(45)39-31(8-9-31)24-3-2-12-41(47)40-24;1-30(15-18-4-6-19(16-36)7-5-18)28(46)42(20-13-21(33)25(35)22(34)14-20)29-37-17-23(43(29)30)26(44)39-32(10-11-32)27(45)40-31(8-9-31)24-3-2-12-38-41-24/h2-7,12-14,17H,8-11,15H2,1H3,(H,38,44)(H,39,45);2-7,12-14,17H,8-11,15H2,1H3,(H,39,44)(H,40,45)/t2*30-/m11/s1. The molecular weight excluding hydrogens is 1280 g/mol. The van der Waals surface area contributed by atoms with Crippen LogP contribution in [-0.2, 0) is 54.2 Å². The summed E-state index contributed by atoms with van der Waals surface area (Å²) < 4.78 is 31.7. The van der Waals surface area contributed by atoms with Crippen LogP contribution in [0.2, 0.25) is 20.1 Å². The van der Waals surface area contributed by atoms with Crippen molar-refractivity contribution < 1.29 is 42.4 Å². The largest absolute Gasteiger partial charge is 0.594 e. The SMILES string of the molecule is C[C@@]1(Cc2ccc(C#N)cc2)C(=O)N(c2cc(Cl)c(F)c(Cl)c2)c2ncc(C(=O)NC3(C(=O)NC4(c5ccc[n+]([O-])n5)CC4)CC3)n21.C[C@@]1(Cc2ccc(C#N)cc2)C(=O)N(c2cc(Cl)c(F)c(Cl)c2)c2ncc(C(=O)NC3(C(=O)NC4(c5cccnn5)CC4)CC3)n21. The van der Waals surface area contributed by atoms with E-state index in [2.05, 4.69) is 58.7 Å². The van der Waals surface area contributed by atoms with Gasteiger partial charge in [-0.25, -0.2) is 28.5 Å². The molecule has 4 N–H and O–H groups in total. The number of rotatable bonds is 16. The van der Waals surface area contributed by atoms with Gasteiger partial charge in [0.1, 0.15) is 39.2 Å². The van der Waals surface area contributed by atoms with E-state index in [4.69, 9.17) is 46.4 Å². The molecule has 4 fully saturated rings. The maximum absolute atomic E-state index is 14.3.